The standard InChI is InChI=1S/C12H18N2O2/c13-8-4-7-11(14)12(15)16-9-10-5-2-1-3-6-10/h1-3,5-6,11H,4,7-9,13-14H2/t11-/m1/s1. The summed E-state index contributed by atoms with van der Waals surface area (Å²) in [5, 5.41) is 0. The maximum Gasteiger partial charge on any atom is 0.323 e. The summed E-state index contributed by atoms with van der Waals surface area (Å²) in [6, 6.07) is 8.96. The third-order valence-electron chi connectivity index (χ3n) is 2.25. The maximum atomic E-state index is 11.4. The van der Waals surface area contributed by atoms with Crippen LogP contribution >= 0.6 is 0 Å². The Hall–Kier alpha value is -1.39. The van der Waals surface area contributed by atoms with Gasteiger partial charge in [-0.3, -0.25) is 4.79 Å². The lowest BCUT2D eigenvalue weighted by Gasteiger charge is -2.10. The Morgan fingerprint density at radius 2 is 2.00 bits per heavy atom. The van der Waals surface area contributed by atoms with E-state index >= 15 is 0 Å². The molecule has 0 aliphatic carbocycles. The molecule has 1 atom stereocenters. The molecule has 0 aliphatic rings. The van der Waals surface area contributed by atoms with Gasteiger partial charge in [0.2, 0.25) is 0 Å². The monoisotopic (exact) mass is 222 g/mol. The number of carbonyl (C=O) groups excluding carboxylic acids is 1. The van der Waals surface area contributed by atoms with Gasteiger partial charge in [-0.15, -0.1) is 0 Å². The van der Waals surface area contributed by atoms with E-state index in [4.69, 9.17) is 16.2 Å². The van der Waals surface area contributed by atoms with Crippen LogP contribution in [0.2, 0.25) is 0 Å². The lowest BCUT2D eigenvalue weighted by Crippen LogP contribution is -2.32. The van der Waals surface area contributed by atoms with Gasteiger partial charge < -0.3 is 16.2 Å². The fraction of sp³-hybridized carbons (Fsp3) is 0.417. The van der Waals surface area contributed by atoms with Crippen LogP contribution < -0.4 is 11.5 Å². The van der Waals surface area contributed by atoms with Crippen molar-refractivity contribution in [2.75, 3.05) is 6.54 Å². The van der Waals surface area contributed by atoms with E-state index in [2.05, 4.69) is 0 Å². The number of hydrogen-bond acceptors (Lipinski definition) is 4. The van der Waals surface area contributed by atoms with Crippen molar-refractivity contribution in [2.24, 2.45) is 11.5 Å². The van der Waals surface area contributed by atoms with Crippen LogP contribution in [-0.2, 0) is 16.1 Å². The van der Waals surface area contributed by atoms with Gasteiger partial charge in [-0.1, -0.05) is 30.3 Å². The average molecular weight is 222 g/mol. The minimum absolute atomic E-state index is 0.274. The zero-order chi connectivity index (χ0) is 11.8. The van der Waals surface area contributed by atoms with Crippen molar-refractivity contribution in [3.63, 3.8) is 0 Å². The van der Waals surface area contributed by atoms with Crippen molar-refractivity contribution in [1.29, 1.82) is 0 Å². The zero-order valence-electron chi connectivity index (χ0n) is 9.26. The lowest BCUT2D eigenvalue weighted by molar-refractivity contribution is -0.146. The number of hydrogen-bond donors (Lipinski definition) is 2. The molecule has 0 aliphatic heterocycles. The van der Waals surface area contributed by atoms with Crippen molar-refractivity contribution < 1.29 is 9.53 Å². The van der Waals surface area contributed by atoms with Crippen LogP contribution in [-0.4, -0.2) is 18.6 Å². The summed E-state index contributed by atoms with van der Waals surface area (Å²) in [6.45, 7) is 0.815. The molecule has 1 aromatic carbocycles. The minimum atomic E-state index is -0.563. The van der Waals surface area contributed by atoms with Gasteiger partial charge in [0.15, 0.2) is 0 Å². The van der Waals surface area contributed by atoms with Crippen molar-refractivity contribution >= 4 is 5.97 Å². The third kappa shape index (κ3) is 4.42. The second kappa shape index (κ2) is 6.98. The van der Waals surface area contributed by atoms with Crippen molar-refractivity contribution in [3.05, 3.63) is 35.9 Å². The minimum Gasteiger partial charge on any atom is -0.460 e. The first-order chi connectivity index (χ1) is 7.74. The highest BCUT2D eigenvalue weighted by atomic mass is 16.5. The number of rotatable bonds is 6. The second-order valence-electron chi connectivity index (χ2n) is 3.63. The molecule has 4 nitrogen and oxygen atoms in total. The van der Waals surface area contributed by atoms with Crippen molar-refractivity contribution in [3.8, 4) is 0 Å². The molecule has 1 rings (SSSR count). The summed E-state index contributed by atoms with van der Waals surface area (Å²) in [5.41, 5.74) is 11.9. The van der Waals surface area contributed by atoms with Gasteiger partial charge in [-0.25, -0.2) is 0 Å². The summed E-state index contributed by atoms with van der Waals surface area (Å²) >= 11 is 0. The molecule has 0 fully saturated rings. The SMILES string of the molecule is NCCC[C@@H](N)C(=O)OCc1ccccc1. The predicted octanol–water partition coefficient (Wildman–Crippen LogP) is 0.796. The molecular formula is C12H18N2O2. The Labute approximate surface area is 95.6 Å². The largest absolute Gasteiger partial charge is 0.460 e. The summed E-state index contributed by atoms with van der Waals surface area (Å²) < 4.78 is 5.08. The topological polar surface area (TPSA) is 78.3 Å². The van der Waals surface area contributed by atoms with Crippen molar-refractivity contribution in [2.45, 2.75) is 25.5 Å². The molecule has 4 N–H and O–H groups in total. The molecule has 0 unspecified atom stereocenters. The number of esters is 1. The number of benzene rings is 1. The van der Waals surface area contributed by atoms with Crippen LogP contribution in [0, 0.1) is 0 Å². The molecule has 0 bridgehead atoms. The molecule has 0 heterocycles. The fourth-order valence-electron chi connectivity index (χ4n) is 1.29. The molecule has 4 heteroatoms. The van der Waals surface area contributed by atoms with Gasteiger partial charge in [0.1, 0.15) is 12.6 Å². The van der Waals surface area contributed by atoms with Gasteiger partial charge >= 0.3 is 5.97 Å². The van der Waals surface area contributed by atoms with Crippen LogP contribution in [0.4, 0.5) is 0 Å². The Morgan fingerprint density at radius 3 is 2.62 bits per heavy atom. The van der Waals surface area contributed by atoms with E-state index in [1.54, 1.807) is 0 Å². The highest BCUT2D eigenvalue weighted by Gasteiger charge is 2.13. The van der Waals surface area contributed by atoms with Gasteiger partial charge in [-0.05, 0) is 24.9 Å². The van der Waals surface area contributed by atoms with Crippen LogP contribution in [0.1, 0.15) is 18.4 Å². The molecule has 0 saturated carbocycles. The third-order valence-corrected chi connectivity index (χ3v) is 2.25. The van der Waals surface area contributed by atoms with E-state index in [0.717, 1.165) is 12.0 Å². The Balaban J connectivity index is 2.29. The number of ether oxygens (including phenoxy) is 1. The van der Waals surface area contributed by atoms with E-state index in [1.165, 1.54) is 0 Å². The molecule has 0 radical (unpaired) electrons. The first-order valence-electron chi connectivity index (χ1n) is 5.40. The quantitative estimate of drug-likeness (QED) is 0.698. The second-order valence-corrected chi connectivity index (χ2v) is 3.63. The smallest absolute Gasteiger partial charge is 0.323 e. The van der Waals surface area contributed by atoms with Gasteiger partial charge in [0.05, 0.1) is 0 Å². The molecule has 0 aromatic heterocycles. The first kappa shape index (κ1) is 12.7. The number of carbonyl (C=O) groups is 1. The Kier molecular flexibility index (Phi) is 5.53. The molecule has 88 valence electrons. The van der Waals surface area contributed by atoms with Gasteiger partial charge in [0.25, 0.3) is 0 Å². The highest BCUT2D eigenvalue weighted by Crippen LogP contribution is 2.03. The highest BCUT2D eigenvalue weighted by molar-refractivity contribution is 5.75. The lowest BCUT2D eigenvalue weighted by atomic mass is 10.2. The van der Waals surface area contributed by atoms with E-state index < -0.39 is 6.04 Å². The average Bonchev–Trinajstić information content (AvgIpc) is 2.34. The normalized spacial score (nSPS) is 12.1. The molecule has 0 saturated heterocycles. The van der Waals surface area contributed by atoms with Crippen LogP contribution in [0.25, 0.3) is 0 Å². The summed E-state index contributed by atoms with van der Waals surface area (Å²) in [4.78, 5) is 11.4. The van der Waals surface area contributed by atoms with Crippen LogP contribution in [0.3, 0.4) is 0 Å². The van der Waals surface area contributed by atoms with Crippen molar-refractivity contribution in [1.82, 2.24) is 0 Å². The van der Waals surface area contributed by atoms with E-state index in [-0.39, 0.29) is 12.6 Å². The molecule has 0 spiro atoms. The first-order valence-corrected chi connectivity index (χ1v) is 5.40. The van der Waals surface area contributed by atoms with Crippen LogP contribution in [0.15, 0.2) is 30.3 Å². The summed E-state index contributed by atoms with van der Waals surface area (Å²) in [7, 11) is 0. The predicted molar refractivity (Wildman–Crippen MR) is 62.5 cm³/mol. The maximum absolute atomic E-state index is 11.4. The molecule has 16 heavy (non-hydrogen) atoms. The summed E-state index contributed by atoms with van der Waals surface area (Å²) in [5.74, 6) is -0.364. The van der Waals surface area contributed by atoms with Gasteiger partial charge in [0, 0.05) is 0 Å². The molecular weight excluding hydrogens is 204 g/mol. The van der Waals surface area contributed by atoms with E-state index in [0.29, 0.717) is 13.0 Å². The fourth-order valence-corrected chi connectivity index (χ4v) is 1.29. The molecule has 0 amide bonds. The zero-order valence-corrected chi connectivity index (χ0v) is 9.26. The van der Waals surface area contributed by atoms with Crippen LogP contribution in [0.5, 0.6) is 0 Å². The van der Waals surface area contributed by atoms with Gasteiger partial charge in [-0.2, -0.15) is 0 Å². The Morgan fingerprint density at radius 1 is 1.31 bits per heavy atom. The van der Waals surface area contributed by atoms with E-state index in [1.807, 2.05) is 30.3 Å². The van der Waals surface area contributed by atoms with E-state index in [9.17, 15) is 4.79 Å². The molecule has 1 aromatic rings. The summed E-state index contributed by atoms with van der Waals surface area (Å²) in [6.07, 6.45) is 1.31. The number of nitrogens with two attached hydrogens (primary N) is 2. The Bertz CT molecular complexity index is 314.